The average molecular weight is 477 g/mol. The van der Waals surface area contributed by atoms with Gasteiger partial charge in [0.1, 0.15) is 0 Å². The molecule has 7 nitrogen and oxygen atoms in total. The summed E-state index contributed by atoms with van der Waals surface area (Å²) in [5.41, 5.74) is 2.45. The highest BCUT2D eigenvalue weighted by Crippen LogP contribution is 2.30. The predicted octanol–water partition coefficient (Wildman–Crippen LogP) is 3.19. The molecule has 0 spiro atoms. The number of nitrogens with one attached hydrogen (secondary N) is 1. The molecule has 2 saturated heterocycles. The van der Waals surface area contributed by atoms with Gasteiger partial charge in [-0.3, -0.25) is 4.79 Å². The quantitative estimate of drug-likeness (QED) is 0.531. The van der Waals surface area contributed by atoms with Gasteiger partial charge in [-0.15, -0.1) is 0 Å². The van der Waals surface area contributed by atoms with Crippen LogP contribution in [0.5, 0.6) is 11.5 Å². The number of piperidine rings is 2. The molecule has 2 aliphatic heterocycles. The zero-order chi connectivity index (χ0) is 24.6. The molecule has 2 aromatic rings. The van der Waals surface area contributed by atoms with Gasteiger partial charge in [-0.2, -0.15) is 5.26 Å². The van der Waals surface area contributed by atoms with Gasteiger partial charge >= 0.3 is 0 Å². The van der Waals surface area contributed by atoms with Crippen molar-refractivity contribution >= 4 is 5.91 Å². The minimum absolute atomic E-state index is 0.0740. The fourth-order valence-corrected chi connectivity index (χ4v) is 5.49. The number of nitriles is 1. The van der Waals surface area contributed by atoms with Crippen LogP contribution >= 0.6 is 0 Å². The number of likely N-dealkylation sites (tertiary alicyclic amines) is 2. The average Bonchev–Trinajstić information content (AvgIpc) is 2.89. The van der Waals surface area contributed by atoms with Crippen LogP contribution in [0.3, 0.4) is 0 Å². The van der Waals surface area contributed by atoms with Gasteiger partial charge in [-0.05, 0) is 79.6 Å². The second-order valence-corrected chi connectivity index (χ2v) is 9.72. The van der Waals surface area contributed by atoms with E-state index in [1.165, 1.54) is 12.0 Å². The lowest BCUT2D eigenvalue weighted by atomic mass is 9.84. The first kappa shape index (κ1) is 25.0. The Morgan fingerprint density at radius 1 is 0.971 bits per heavy atom. The van der Waals surface area contributed by atoms with E-state index in [1.807, 2.05) is 6.07 Å². The molecule has 2 aliphatic rings. The highest BCUT2D eigenvalue weighted by atomic mass is 16.5. The van der Waals surface area contributed by atoms with Gasteiger partial charge in [0, 0.05) is 44.8 Å². The van der Waals surface area contributed by atoms with Gasteiger partial charge in [0.15, 0.2) is 11.5 Å². The number of rotatable bonds is 10. The van der Waals surface area contributed by atoms with Crippen LogP contribution in [-0.4, -0.2) is 75.7 Å². The summed E-state index contributed by atoms with van der Waals surface area (Å²) in [7, 11) is 3.35. The van der Waals surface area contributed by atoms with Crippen molar-refractivity contribution in [2.45, 2.75) is 19.3 Å². The third-order valence-electron chi connectivity index (χ3n) is 7.11. The number of ether oxygens (including phenoxy) is 2. The first-order valence-corrected chi connectivity index (χ1v) is 12.5. The number of fused-ring (bicyclic) bond motifs is 2. The lowest BCUT2D eigenvalue weighted by Crippen LogP contribution is -2.53. The molecule has 1 amide bonds. The molecule has 2 atom stereocenters. The number of hydrogen-bond acceptors (Lipinski definition) is 6. The third kappa shape index (κ3) is 6.74. The fraction of sp³-hybridized carbons (Fsp3) is 0.500. The minimum atomic E-state index is -0.0740. The summed E-state index contributed by atoms with van der Waals surface area (Å²) in [4.78, 5) is 17.5. The van der Waals surface area contributed by atoms with Crippen LogP contribution in [-0.2, 0) is 6.42 Å². The molecule has 0 saturated carbocycles. The Bertz CT molecular complexity index is 1020. The van der Waals surface area contributed by atoms with E-state index in [0.717, 1.165) is 75.4 Å². The molecule has 1 N–H and O–H groups in total. The first-order valence-electron chi connectivity index (χ1n) is 12.5. The number of nitrogens with zero attached hydrogens (tertiary/aromatic N) is 3. The van der Waals surface area contributed by atoms with E-state index < -0.39 is 0 Å². The standard InChI is InChI=1S/C28H36N4O3/c1-34-26-9-6-21(15-27(26)35-2)10-13-32-19-23-14-24(20-32)18-31(17-23)12-3-11-30-28(33)25-7-4-22(16-29)5-8-25/h4-9,15,23-24H,3,10-14,17-20H2,1-2H3,(H,30,33). The van der Waals surface area contributed by atoms with Crippen LogP contribution < -0.4 is 14.8 Å². The van der Waals surface area contributed by atoms with Crippen molar-refractivity contribution in [1.82, 2.24) is 15.1 Å². The Kier molecular flexibility index (Phi) is 8.62. The van der Waals surface area contributed by atoms with Gasteiger partial charge < -0.3 is 24.6 Å². The minimum Gasteiger partial charge on any atom is -0.493 e. The van der Waals surface area contributed by atoms with Crippen molar-refractivity contribution in [2.24, 2.45) is 11.8 Å². The van der Waals surface area contributed by atoms with Gasteiger partial charge in [-0.1, -0.05) is 6.07 Å². The topological polar surface area (TPSA) is 77.8 Å². The molecule has 2 unspecified atom stereocenters. The zero-order valence-electron chi connectivity index (χ0n) is 20.8. The van der Waals surface area contributed by atoms with Crippen LogP contribution in [0, 0.1) is 23.2 Å². The molecular formula is C28H36N4O3. The van der Waals surface area contributed by atoms with Crippen molar-refractivity contribution < 1.29 is 14.3 Å². The molecule has 35 heavy (non-hydrogen) atoms. The maximum Gasteiger partial charge on any atom is 0.251 e. The van der Waals surface area contributed by atoms with E-state index in [0.29, 0.717) is 17.7 Å². The first-order chi connectivity index (χ1) is 17.1. The molecule has 2 bridgehead atoms. The normalized spacial score (nSPS) is 20.1. The second-order valence-electron chi connectivity index (χ2n) is 9.72. The van der Waals surface area contributed by atoms with Crippen molar-refractivity contribution in [2.75, 3.05) is 60.0 Å². The fourth-order valence-electron chi connectivity index (χ4n) is 5.49. The Labute approximate surface area is 208 Å². The number of methoxy groups -OCH3 is 2. The van der Waals surface area contributed by atoms with Crippen LogP contribution in [0.15, 0.2) is 42.5 Å². The molecular weight excluding hydrogens is 440 g/mol. The van der Waals surface area contributed by atoms with E-state index in [-0.39, 0.29) is 5.91 Å². The van der Waals surface area contributed by atoms with E-state index >= 15 is 0 Å². The second kappa shape index (κ2) is 12.1. The molecule has 4 rings (SSSR count). The Morgan fingerprint density at radius 2 is 1.63 bits per heavy atom. The maximum atomic E-state index is 12.3. The molecule has 186 valence electrons. The smallest absolute Gasteiger partial charge is 0.251 e. The summed E-state index contributed by atoms with van der Waals surface area (Å²) in [5.74, 6) is 2.94. The van der Waals surface area contributed by atoms with Crippen LogP contribution in [0.2, 0.25) is 0 Å². The molecule has 0 radical (unpaired) electrons. The van der Waals surface area contributed by atoms with Gasteiger partial charge in [0.05, 0.1) is 25.9 Å². The lowest BCUT2D eigenvalue weighted by Gasteiger charge is -2.46. The number of amides is 1. The summed E-state index contributed by atoms with van der Waals surface area (Å²) in [6, 6.07) is 15.1. The van der Waals surface area contributed by atoms with E-state index in [4.69, 9.17) is 14.7 Å². The Balaban J connectivity index is 1.17. The van der Waals surface area contributed by atoms with E-state index in [9.17, 15) is 4.79 Å². The molecule has 0 aromatic heterocycles. The van der Waals surface area contributed by atoms with Gasteiger partial charge in [0.25, 0.3) is 5.91 Å². The number of hydrogen-bond donors (Lipinski definition) is 1. The van der Waals surface area contributed by atoms with Crippen LogP contribution in [0.25, 0.3) is 0 Å². The zero-order valence-corrected chi connectivity index (χ0v) is 20.8. The van der Waals surface area contributed by atoms with E-state index in [2.05, 4.69) is 33.3 Å². The third-order valence-corrected chi connectivity index (χ3v) is 7.11. The highest BCUT2D eigenvalue weighted by molar-refractivity contribution is 5.94. The molecule has 7 heteroatoms. The van der Waals surface area contributed by atoms with Gasteiger partial charge in [-0.25, -0.2) is 0 Å². The summed E-state index contributed by atoms with van der Waals surface area (Å²) < 4.78 is 10.8. The summed E-state index contributed by atoms with van der Waals surface area (Å²) in [5, 5.41) is 11.9. The predicted molar refractivity (Wildman–Crippen MR) is 136 cm³/mol. The molecule has 2 aromatic carbocycles. The van der Waals surface area contributed by atoms with Crippen molar-refractivity contribution in [1.29, 1.82) is 5.26 Å². The summed E-state index contributed by atoms with van der Waals surface area (Å²) in [6.45, 7) is 7.38. The molecule has 2 fully saturated rings. The van der Waals surface area contributed by atoms with Crippen molar-refractivity contribution in [3.63, 3.8) is 0 Å². The Hall–Kier alpha value is -3.08. The number of benzene rings is 2. The van der Waals surface area contributed by atoms with E-state index in [1.54, 1.807) is 38.5 Å². The number of carbonyl (C=O) groups is 1. The van der Waals surface area contributed by atoms with Crippen molar-refractivity contribution in [3.8, 4) is 17.6 Å². The monoisotopic (exact) mass is 476 g/mol. The Morgan fingerprint density at radius 3 is 2.26 bits per heavy atom. The molecule has 2 heterocycles. The summed E-state index contributed by atoms with van der Waals surface area (Å²) >= 11 is 0. The van der Waals surface area contributed by atoms with Crippen molar-refractivity contribution in [3.05, 3.63) is 59.2 Å². The SMILES string of the molecule is COc1ccc(CCN2CC3CC(CN(CCCNC(=O)c4ccc(C#N)cc4)C3)C2)cc1OC. The largest absolute Gasteiger partial charge is 0.493 e. The van der Waals surface area contributed by atoms with Gasteiger partial charge in [0.2, 0.25) is 0 Å². The highest BCUT2D eigenvalue weighted by Gasteiger charge is 2.33. The summed E-state index contributed by atoms with van der Waals surface area (Å²) in [6.07, 6.45) is 3.30. The van der Waals surface area contributed by atoms with Crippen LogP contribution in [0.4, 0.5) is 0 Å². The molecule has 0 aliphatic carbocycles. The lowest BCUT2D eigenvalue weighted by molar-refractivity contribution is 0.0314. The number of carbonyl (C=O) groups excluding carboxylic acids is 1. The maximum absolute atomic E-state index is 12.3. The van der Waals surface area contributed by atoms with Crippen LogP contribution in [0.1, 0.15) is 34.3 Å².